The minimum absolute atomic E-state index is 0. The number of likely N-dealkylation sites (tertiary alicyclic amines) is 1. The van der Waals surface area contributed by atoms with Crippen molar-refractivity contribution >= 4 is 18.3 Å². The van der Waals surface area contributed by atoms with Gasteiger partial charge in [0.1, 0.15) is 5.60 Å². The van der Waals surface area contributed by atoms with Gasteiger partial charge in [0, 0.05) is 37.6 Å². The zero-order valence-electron chi connectivity index (χ0n) is 13.2. The van der Waals surface area contributed by atoms with Crippen molar-refractivity contribution in [3.63, 3.8) is 0 Å². The van der Waals surface area contributed by atoms with Crippen LogP contribution in [0.15, 0.2) is 24.3 Å². The van der Waals surface area contributed by atoms with Crippen LogP contribution in [0.2, 0.25) is 0 Å². The Labute approximate surface area is 138 Å². The highest BCUT2D eigenvalue weighted by atomic mass is 35.5. The molecule has 1 heterocycles. The van der Waals surface area contributed by atoms with Crippen molar-refractivity contribution in [3.8, 4) is 0 Å². The largest absolute Gasteiger partial charge is 0.373 e. The molecule has 122 valence electrons. The molecule has 2 aliphatic rings. The van der Waals surface area contributed by atoms with Gasteiger partial charge >= 0.3 is 0 Å². The number of benzene rings is 1. The molecular formula is C17H25ClN2O2. The number of rotatable bonds is 3. The van der Waals surface area contributed by atoms with Gasteiger partial charge in [-0.1, -0.05) is 18.6 Å². The standard InChI is InChI=1S/C17H24N2O2.ClH/c1-19-10-14-7-4-8-15(11-19)17(14,21-2)13-6-3-5-12(9-13)16(18)20;/h3,5-6,9,14-15H,4,7-8,10-11H2,1-2H3,(H2,18,20);1H/t14-,15+,17?;. The van der Waals surface area contributed by atoms with Crippen molar-refractivity contribution in [3.05, 3.63) is 35.4 Å². The molecule has 0 spiro atoms. The van der Waals surface area contributed by atoms with Crippen LogP contribution < -0.4 is 5.73 Å². The molecule has 1 aliphatic heterocycles. The van der Waals surface area contributed by atoms with Crippen LogP contribution in [0, 0.1) is 11.8 Å². The van der Waals surface area contributed by atoms with E-state index in [1.165, 1.54) is 19.3 Å². The van der Waals surface area contributed by atoms with Gasteiger partial charge in [0.25, 0.3) is 0 Å². The molecule has 1 aromatic rings. The highest BCUT2D eigenvalue weighted by Gasteiger charge is 2.52. The Bertz CT molecular complexity index is 535. The van der Waals surface area contributed by atoms with Crippen LogP contribution in [-0.2, 0) is 10.3 Å². The number of nitrogens with zero attached hydrogens (tertiary/aromatic N) is 1. The molecule has 1 unspecified atom stereocenters. The summed E-state index contributed by atoms with van der Waals surface area (Å²) in [6, 6.07) is 7.72. The number of fused-ring (bicyclic) bond motifs is 2. The van der Waals surface area contributed by atoms with E-state index >= 15 is 0 Å². The van der Waals surface area contributed by atoms with E-state index in [0.717, 1.165) is 18.7 Å². The first-order chi connectivity index (χ1) is 10.1. The molecule has 0 radical (unpaired) electrons. The number of halogens is 1. The summed E-state index contributed by atoms with van der Waals surface area (Å²) in [5.74, 6) is 0.576. The quantitative estimate of drug-likeness (QED) is 0.929. The van der Waals surface area contributed by atoms with Gasteiger partial charge in [-0.25, -0.2) is 0 Å². The normalized spacial score (nSPS) is 31.4. The number of amides is 1. The minimum atomic E-state index is -0.374. The van der Waals surface area contributed by atoms with E-state index in [0.29, 0.717) is 17.4 Å². The molecule has 3 rings (SSSR count). The second-order valence-corrected chi connectivity index (χ2v) is 6.49. The van der Waals surface area contributed by atoms with Crippen LogP contribution in [0.25, 0.3) is 0 Å². The summed E-state index contributed by atoms with van der Waals surface area (Å²) in [6.45, 7) is 2.09. The lowest BCUT2D eigenvalue weighted by molar-refractivity contribution is -0.165. The molecule has 1 aliphatic carbocycles. The second kappa shape index (κ2) is 6.57. The third-order valence-corrected chi connectivity index (χ3v) is 5.32. The van der Waals surface area contributed by atoms with Gasteiger partial charge in [0.15, 0.2) is 0 Å². The van der Waals surface area contributed by atoms with Gasteiger partial charge in [-0.2, -0.15) is 0 Å². The van der Waals surface area contributed by atoms with Crippen molar-refractivity contribution in [2.45, 2.75) is 24.9 Å². The average Bonchev–Trinajstić information content (AvgIpc) is 2.46. The number of methoxy groups -OCH3 is 1. The lowest BCUT2D eigenvalue weighted by Crippen LogP contribution is -2.58. The van der Waals surface area contributed by atoms with Crippen LogP contribution in [0.1, 0.15) is 35.2 Å². The average molecular weight is 325 g/mol. The molecule has 1 saturated heterocycles. The first-order valence-corrected chi connectivity index (χ1v) is 7.72. The molecule has 1 amide bonds. The molecule has 0 aromatic heterocycles. The number of nitrogens with two attached hydrogens (primary N) is 1. The second-order valence-electron chi connectivity index (χ2n) is 6.49. The molecule has 5 heteroatoms. The van der Waals surface area contributed by atoms with Crippen molar-refractivity contribution < 1.29 is 9.53 Å². The Hall–Kier alpha value is -1.10. The summed E-state index contributed by atoms with van der Waals surface area (Å²) in [6.07, 6.45) is 3.62. The number of piperidine rings is 1. The van der Waals surface area contributed by atoms with Crippen molar-refractivity contribution in [1.82, 2.24) is 4.90 Å². The predicted molar refractivity (Wildman–Crippen MR) is 89.2 cm³/mol. The van der Waals surface area contributed by atoms with E-state index in [4.69, 9.17) is 10.5 Å². The smallest absolute Gasteiger partial charge is 0.248 e. The van der Waals surface area contributed by atoms with Crippen molar-refractivity contribution in [2.24, 2.45) is 17.6 Å². The predicted octanol–water partition coefficient (Wildman–Crippen LogP) is 2.41. The van der Waals surface area contributed by atoms with Crippen LogP contribution in [0.3, 0.4) is 0 Å². The number of ether oxygens (including phenoxy) is 1. The Balaban J connectivity index is 0.00000176. The fraction of sp³-hybridized carbons (Fsp3) is 0.588. The fourth-order valence-electron chi connectivity index (χ4n) is 4.49. The Morgan fingerprint density at radius 3 is 2.50 bits per heavy atom. The summed E-state index contributed by atoms with van der Waals surface area (Å²) in [7, 11) is 4.00. The monoisotopic (exact) mass is 324 g/mol. The van der Waals surface area contributed by atoms with Crippen molar-refractivity contribution in [1.29, 1.82) is 0 Å². The van der Waals surface area contributed by atoms with Crippen LogP contribution >= 0.6 is 12.4 Å². The molecule has 22 heavy (non-hydrogen) atoms. The van der Waals surface area contributed by atoms with Gasteiger partial charge in [0.05, 0.1) is 0 Å². The Kier molecular flexibility index (Phi) is 5.15. The van der Waals surface area contributed by atoms with Crippen LogP contribution in [0.5, 0.6) is 0 Å². The lowest BCUT2D eigenvalue weighted by atomic mass is 9.62. The minimum Gasteiger partial charge on any atom is -0.373 e. The topological polar surface area (TPSA) is 55.6 Å². The number of carbonyl (C=O) groups is 1. The van der Waals surface area contributed by atoms with Crippen LogP contribution in [-0.4, -0.2) is 38.1 Å². The van der Waals surface area contributed by atoms with E-state index in [1.54, 1.807) is 6.07 Å². The zero-order valence-corrected chi connectivity index (χ0v) is 14.1. The highest BCUT2D eigenvalue weighted by molar-refractivity contribution is 5.92. The fourth-order valence-corrected chi connectivity index (χ4v) is 4.49. The Morgan fingerprint density at radius 2 is 1.95 bits per heavy atom. The number of carbonyl (C=O) groups excluding carboxylic acids is 1. The molecular weight excluding hydrogens is 300 g/mol. The van der Waals surface area contributed by atoms with Gasteiger partial charge in [0.2, 0.25) is 5.91 Å². The van der Waals surface area contributed by atoms with E-state index in [2.05, 4.69) is 18.0 Å². The third-order valence-electron chi connectivity index (χ3n) is 5.32. The van der Waals surface area contributed by atoms with Crippen LogP contribution in [0.4, 0.5) is 0 Å². The summed E-state index contributed by atoms with van der Waals surface area (Å²) in [5.41, 5.74) is 6.86. The van der Waals surface area contributed by atoms with E-state index < -0.39 is 0 Å². The molecule has 4 nitrogen and oxygen atoms in total. The van der Waals surface area contributed by atoms with Gasteiger partial charge in [-0.3, -0.25) is 4.79 Å². The maximum Gasteiger partial charge on any atom is 0.248 e. The lowest BCUT2D eigenvalue weighted by Gasteiger charge is -2.54. The van der Waals surface area contributed by atoms with E-state index in [-0.39, 0.29) is 23.9 Å². The summed E-state index contributed by atoms with van der Waals surface area (Å²) >= 11 is 0. The van der Waals surface area contributed by atoms with Gasteiger partial charge in [-0.15, -0.1) is 12.4 Å². The molecule has 1 aromatic carbocycles. The van der Waals surface area contributed by atoms with Crippen molar-refractivity contribution in [2.75, 3.05) is 27.2 Å². The maximum atomic E-state index is 11.5. The molecule has 1 saturated carbocycles. The summed E-state index contributed by atoms with van der Waals surface area (Å²) in [5, 5.41) is 0. The third kappa shape index (κ3) is 2.64. The highest BCUT2D eigenvalue weighted by Crippen LogP contribution is 2.51. The summed E-state index contributed by atoms with van der Waals surface area (Å²) < 4.78 is 6.14. The zero-order chi connectivity index (χ0) is 15.0. The molecule has 2 bridgehead atoms. The number of hydrogen-bond donors (Lipinski definition) is 1. The molecule has 2 fully saturated rings. The first kappa shape index (κ1) is 17.3. The Morgan fingerprint density at radius 1 is 1.32 bits per heavy atom. The number of primary amides is 1. The SMILES string of the molecule is COC1(c2cccc(C(N)=O)c2)[C@@H]2CCC[C@H]1CN(C)C2.Cl. The maximum absolute atomic E-state index is 11.5. The van der Waals surface area contributed by atoms with Gasteiger partial charge in [-0.05, 0) is 37.6 Å². The first-order valence-electron chi connectivity index (χ1n) is 7.72. The van der Waals surface area contributed by atoms with E-state index in [9.17, 15) is 4.79 Å². The summed E-state index contributed by atoms with van der Waals surface area (Å²) in [4.78, 5) is 13.9. The van der Waals surface area contributed by atoms with E-state index in [1.807, 2.05) is 19.2 Å². The number of hydrogen-bond acceptors (Lipinski definition) is 3. The molecule has 3 atom stereocenters. The molecule has 2 N–H and O–H groups in total. The van der Waals surface area contributed by atoms with Gasteiger partial charge < -0.3 is 15.4 Å².